The quantitative estimate of drug-likeness (QED) is 0.508. The topological polar surface area (TPSA) is 82.1 Å². The van der Waals surface area contributed by atoms with Crippen LogP contribution in [0.25, 0.3) is 0 Å². The first-order valence-electron chi connectivity index (χ1n) is 7.54. The highest BCUT2D eigenvalue weighted by Gasteiger charge is 2.45. The lowest BCUT2D eigenvalue weighted by molar-refractivity contribution is -0.179. The molecule has 0 bridgehead atoms. The maximum atomic E-state index is 12.0. The maximum Gasteiger partial charge on any atom is 0.338 e. The van der Waals surface area contributed by atoms with Gasteiger partial charge in [0.2, 0.25) is 11.4 Å². The van der Waals surface area contributed by atoms with Crippen molar-refractivity contribution in [3.8, 4) is 0 Å². The zero-order valence-corrected chi connectivity index (χ0v) is 14.5. The van der Waals surface area contributed by atoms with E-state index in [2.05, 4.69) is 0 Å². The van der Waals surface area contributed by atoms with Crippen LogP contribution in [0.2, 0.25) is 0 Å². The third-order valence-corrected chi connectivity index (χ3v) is 4.36. The van der Waals surface area contributed by atoms with Gasteiger partial charge in [0.15, 0.2) is 5.60 Å². The Morgan fingerprint density at radius 2 is 2.09 bits per heavy atom. The number of ether oxygens (including phenoxy) is 3. The second-order valence-electron chi connectivity index (χ2n) is 5.23. The fraction of sp³-hybridized carbons (Fsp3) is 0.625. The average Bonchev–Trinajstić information content (AvgIpc) is 3.03. The second kappa shape index (κ2) is 9.62. The Balaban J connectivity index is 2.59. The van der Waals surface area contributed by atoms with E-state index in [4.69, 9.17) is 14.2 Å². The number of carbonyl (C=O) groups excluding carboxylic acids is 2. The number of carbonyl (C=O) groups is 2. The summed E-state index contributed by atoms with van der Waals surface area (Å²) in [4.78, 5) is 23.4. The van der Waals surface area contributed by atoms with Gasteiger partial charge in [-0.25, -0.2) is 4.79 Å². The highest BCUT2D eigenvalue weighted by atomic mass is 32.2. The maximum absolute atomic E-state index is 12.0. The van der Waals surface area contributed by atoms with Crippen LogP contribution in [0, 0.1) is 5.92 Å². The Labute approximate surface area is 140 Å². The van der Waals surface area contributed by atoms with Gasteiger partial charge in [-0.1, -0.05) is 31.7 Å². The van der Waals surface area contributed by atoms with Crippen LogP contribution < -0.4 is 0 Å². The van der Waals surface area contributed by atoms with Crippen LogP contribution in [-0.2, 0) is 23.8 Å². The van der Waals surface area contributed by atoms with E-state index in [1.807, 2.05) is 6.92 Å². The molecule has 0 spiro atoms. The standard InChI is InChI=1S/C16H24O6S/c1-4-23-13(17)8-6-5-7-12(2)16(19,15(18)20-3)11-14-21-9-10-22-14/h6,8-10,12,14,19H,4-5,7,11H2,1-3H3/b8-6+/t12-,16+/m0/s1. The van der Waals surface area contributed by atoms with E-state index in [9.17, 15) is 14.7 Å². The molecule has 1 rings (SSSR count). The Hall–Kier alpha value is -1.47. The van der Waals surface area contributed by atoms with Crippen molar-refractivity contribution in [2.45, 2.75) is 45.0 Å². The number of thioether (sulfide) groups is 1. The summed E-state index contributed by atoms with van der Waals surface area (Å²) in [6, 6.07) is 0. The lowest BCUT2D eigenvalue weighted by Gasteiger charge is -2.32. The van der Waals surface area contributed by atoms with E-state index >= 15 is 0 Å². The van der Waals surface area contributed by atoms with Crippen molar-refractivity contribution in [2.75, 3.05) is 12.9 Å². The van der Waals surface area contributed by atoms with Crippen molar-refractivity contribution in [2.24, 2.45) is 5.92 Å². The largest absolute Gasteiger partial charge is 0.467 e. The zero-order valence-electron chi connectivity index (χ0n) is 13.7. The van der Waals surface area contributed by atoms with Gasteiger partial charge in [-0.3, -0.25) is 4.79 Å². The third kappa shape index (κ3) is 5.91. The van der Waals surface area contributed by atoms with Crippen LogP contribution in [0.3, 0.4) is 0 Å². The third-order valence-electron chi connectivity index (χ3n) is 3.66. The van der Waals surface area contributed by atoms with Crippen LogP contribution in [0.1, 0.15) is 33.1 Å². The van der Waals surface area contributed by atoms with Crippen LogP contribution in [0.4, 0.5) is 0 Å². The van der Waals surface area contributed by atoms with Crippen molar-refractivity contribution in [3.63, 3.8) is 0 Å². The van der Waals surface area contributed by atoms with Crippen LogP contribution >= 0.6 is 11.8 Å². The predicted molar refractivity (Wildman–Crippen MR) is 87.4 cm³/mol. The Bertz CT molecular complexity index is 453. The number of esters is 1. The molecule has 6 nitrogen and oxygen atoms in total. The predicted octanol–water partition coefficient (Wildman–Crippen LogP) is 2.38. The van der Waals surface area contributed by atoms with E-state index in [-0.39, 0.29) is 17.5 Å². The van der Waals surface area contributed by atoms with E-state index in [1.165, 1.54) is 37.5 Å². The molecule has 1 aliphatic rings. The van der Waals surface area contributed by atoms with Gasteiger partial charge in [-0.05, 0) is 30.6 Å². The fourth-order valence-corrected chi connectivity index (χ4v) is 2.72. The van der Waals surface area contributed by atoms with Crippen molar-refractivity contribution in [1.82, 2.24) is 0 Å². The molecule has 7 heteroatoms. The molecule has 2 atom stereocenters. The van der Waals surface area contributed by atoms with Gasteiger partial charge in [0.1, 0.15) is 12.5 Å². The van der Waals surface area contributed by atoms with Gasteiger partial charge in [-0.2, -0.15) is 0 Å². The molecule has 0 aromatic carbocycles. The van der Waals surface area contributed by atoms with Gasteiger partial charge in [0, 0.05) is 0 Å². The molecular weight excluding hydrogens is 320 g/mol. The summed E-state index contributed by atoms with van der Waals surface area (Å²) in [5.74, 6) is -0.371. The summed E-state index contributed by atoms with van der Waals surface area (Å²) in [7, 11) is 1.23. The molecule has 0 saturated heterocycles. The fourth-order valence-electron chi connectivity index (χ4n) is 2.24. The number of aliphatic hydroxyl groups is 1. The minimum Gasteiger partial charge on any atom is -0.467 e. The van der Waals surface area contributed by atoms with Gasteiger partial charge in [-0.15, -0.1) is 0 Å². The highest BCUT2D eigenvalue weighted by molar-refractivity contribution is 8.14. The van der Waals surface area contributed by atoms with Gasteiger partial charge in [0.05, 0.1) is 13.5 Å². The summed E-state index contributed by atoms with van der Waals surface area (Å²) in [5.41, 5.74) is -1.71. The first kappa shape index (κ1) is 19.6. The van der Waals surface area contributed by atoms with Crippen LogP contribution in [-0.4, -0.2) is 40.9 Å². The molecule has 0 amide bonds. The van der Waals surface area contributed by atoms with Crippen molar-refractivity contribution in [1.29, 1.82) is 0 Å². The molecule has 0 aliphatic carbocycles. The molecule has 1 aliphatic heterocycles. The highest BCUT2D eigenvalue weighted by Crippen LogP contribution is 2.31. The Morgan fingerprint density at radius 1 is 1.43 bits per heavy atom. The molecule has 1 heterocycles. The van der Waals surface area contributed by atoms with Crippen molar-refractivity contribution >= 4 is 22.8 Å². The van der Waals surface area contributed by atoms with Gasteiger partial charge >= 0.3 is 5.97 Å². The number of hydrogen-bond acceptors (Lipinski definition) is 7. The first-order chi connectivity index (χ1) is 10.9. The molecule has 0 saturated carbocycles. The van der Waals surface area contributed by atoms with Crippen LogP contribution in [0.5, 0.6) is 0 Å². The normalized spacial score (nSPS) is 18.3. The van der Waals surface area contributed by atoms with E-state index < -0.39 is 17.9 Å². The number of rotatable bonds is 9. The summed E-state index contributed by atoms with van der Waals surface area (Å²) in [6.45, 7) is 3.67. The van der Waals surface area contributed by atoms with E-state index in [0.717, 1.165) is 5.75 Å². The van der Waals surface area contributed by atoms with Crippen LogP contribution in [0.15, 0.2) is 24.7 Å². The summed E-state index contributed by atoms with van der Waals surface area (Å²) >= 11 is 1.24. The summed E-state index contributed by atoms with van der Waals surface area (Å²) in [6.07, 6.45) is 6.36. The van der Waals surface area contributed by atoms with Gasteiger partial charge in [0.25, 0.3) is 0 Å². The smallest absolute Gasteiger partial charge is 0.338 e. The minimum absolute atomic E-state index is 0.00205. The molecule has 0 aromatic heterocycles. The minimum atomic E-state index is -1.71. The molecule has 0 fully saturated rings. The molecular formula is C16H24O6S. The van der Waals surface area contributed by atoms with Gasteiger partial charge < -0.3 is 19.3 Å². The molecule has 0 unspecified atom stereocenters. The second-order valence-corrected chi connectivity index (χ2v) is 6.50. The Kier molecular flexibility index (Phi) is 8.19. The molecule has 0 radical (unpaired) electrons. The molecule has 130 valence electrons. The van der Waals surface area contributed by atoms with Crippen molar-refractivity contribution < 1.29 is 28.9 Å². The number of allylic oxidation sites excluding steroid dienone is 1. The molecule has 0 aromatic rings. The lowest BCUT2D eigenvalue weighted by Crippen LogP contribution is -2.48. The summed E-state index contributed by atoms with van der Waals surface area (Å²) in [5, 5.41) is 10.7. The summed E-state index contributed by atoms with van der Waals surface area (Å²) < 4.78 is 15.0. The lowest BCUT2D eigenvalue weighted by atomic mass is 9.82. The number of hydrogen-bond donors (Lipinski definition) is 1. The zero-order chi connectivity index (χ0) is 17.3. The van der Waals surface area contributed by atoms with Crippen molar-refractivity contribution in [3.05, 3.63) is 24.7 Å². The number of methoxy groups -OCH3 is 1. The van der Waals surface area contributed by atoms with E-state index in [0.29, 0.717) is 12.8 Å². The monoisotopic (exact) mass is 344 g/mol. The first-order valence-corrected chi connectivity index (χ1v) is 8.52. The Morgan fingerprint density at radius 3 is 2.65 bits per heavy atom. The molecule has 1 N–H and O–H groups in total. The SMILES string of the molecule is CCSC(=O)/C=C/CC[C@H](C)[C@](O)(CC1OC=CO1)C(=O)OC. The molecule has 23 heavy (non-hydrogen) atoms. The average molecular weight is 344 g/mol. The van der Waals surface area contributed by atoms with E-state index in [1.54, 1.807) is 13.0 Å².